The molecule has 1 aliphatic heterocycles. The van der Waals surface area contributed by atoms with E-state index in [0.717, 1.165) is 12.8 Å². The first-order valence-electron chi connectivity index (χ1n) is 6.38. The van der Waals surface area contributed by atoms with Gasteiger partial charge in [-0.15, -0.1) is 0 Å². The number of aromatic carboxylic acids is 1. The lowest BCUT2D eigenvalue weighted by atomic mass is 10.1. The summed E-state index contributed by atoms with van der Waals surface area (Å²) < 4.78 is 5.48. The molecule has 1 aromatic heterocycles. The first kappa shape index (κ1) is 13.8. The van der Waals surface area contributed by atoms with Gasteiger partial charge < -0.3 is 19.8 Å². The second-order valence-corrected chi connectivity index (χ2v) is 4.46. The van der Waals surface area contributed by atoms with Crippen LogP contribution in [-0.4, -0.2) is 53.6 Å². The molecule has 1 aliphatic rings. The van der Waals surface area contributed by atoms with Crippen molar-refractivity contribution in [1.82, 2.24) is 4.98 Å². The van der Waals surface area contributed by atoms with Gasteiger partial charge in [0.1, 0.15) is 11.4 Å². The number of carboxylic acids is 1. The van der Waals surface area contributed by atoms with E-state index in [1.807, 2.05) is 4.90 Å². The van der Waals surface area contributed by atoms with Crippen molar-refractivity contribution in [3.8, 4) is 0 Å². The van der Waals surface area contributed by atoms with E-state index in [4.69, 9.17) is 14.9 Å². The van der Waals surface area contributed by atoms with Gasteiger partial charge in [-0.25, -0.2) is 9.78 Å². The Morgan fingerprint density at radius 1 is 1.47 bits per heavy atom. The van der Waals surface area contributed by atoms with E-state index < -0.39 is 5.97 Å². The van der Waals surface area contributed by atoms with Crippen LogP contribution in [0.5, 0.6) is 0 Å². The maximum atomic E-state index is 11.2. The highest BCUT2D eigenvalue weighted by Gasteiger charge is 2.23. The molecule has 19 heavy (non-hydrogen) atoms. The second kappa shape index (κ2) is 6.49. The lowest BCUT2D eigenvalue weighted by Crippen LogP contribution is -2.38. The van der Waals surface area contributed by atoms with Crippen LogP contribution >= 0.6 is 0 Å². The molecular weight excluding hydrogens is 248 g/mol. The zero-order chi connectivity index (χ0) is 13.7. The SMILES string of the molecule is O=C(O)c1cccnc1N1CCC(OCCO)CC1. The van der Waals surface area contributed by atoms with Crippen molar-refractivity contribution in [2.45, 2.75) is 18.9 Å². The van der Waals surface area contributed by atoms with Crippen molar-refractivity contribution in [2.75, 3.05) is 31.2 Å². The van der Waals surface area contributed by atoms with E-state index in [1.54, 1.807) is 18.3 Å². The third-order valence-corrected chi connectivity index (χ3v) is 3.20. The molecule has 0 aromatic carbocycles. The molecule has 0 radical (unpaired) electrons. The summed E-state index contributed by atoms with van der Waals surface area (Å²) in [5.41, 5.74) is 0.234. The Morgan fingerprint density at radius 3 is 2.84 bits per heavy atom. The number of aliphatic hydroxyl groups is 1. The summed E-state index contributed by atoms with van der Waals surface area (Å²) >= 11 is 0. The number of carbonyl (C=O) groups is 1. The molecule has 0 aliphatic carbocycles. The molecule has 1 saturated heterocycles. The van der Waals surface area contributed by atoms with Crippen LogP contribution in [0.15, 0.2) is 18.3 Å². The molecule has 0 unspecified atom stereocenters. The van der Waals surface area contributed by atoms with Crippen LogP contribution in [0.2, 0.25) is 0 Å². The minimum atomic E-state index is -0.957. The predicted molar refractivity (Wildman–Crippen MR) is 69.5 cm³/mol. The summed E-state index contributed by atoms with van der Waals surface area (Å²) in [6, 6.07) is 3.20. The summed E-state index contributed by atoms with van der Waals surface area (Å²) in [6.45, 7) is 1.82. The molecule has 0 amide bonds. The van der Waals surface area contributed by atoms with Crippen LogP contribution < -0.4 is 4.90 Å². The molecule has 0 bridgehead atoms. The number of carboxylic acid groups (broad SMARTS) is 1. The van der Waals surface area contributed by atoms with Crippen molar-refractivity contribution < 1.29 is 19.7 Å². The molecule has 0 atom stereocenters. The molecular formula is C13H18N2O4. The average Bonchev–Trinajstić information content (AvgIpc) is 2.45. The van der Waals surface area contributed by atoms with Crippen LogP contribution in [0.25, 0.3) is 0 Å². The highest BCUT2D eigenvalue weighted by molar-refractivity contribution is 5.93. The molecule has 1 aromatic rings. The molecule has 1 fully saturated rings. The van der Waals surface area contributed by atoms with Gasteiger partial charge in [0, 0.05) is 19.3 Å². The number of piperidine rings is 1. The first-order valence-corrected chi connectivity index (χ1v) is 6.38. The lowest BCUT2D eigenvalue weighted by molar-refractivity contribution is 0.0158. The Bertz CT molecular complexity index is 430. The number of rotatable bonds is 5. The van der Waals surface area contributed by atoms with Gasteiger partial charge in [0.25, 0.3) is 0 Å². The van der Waals surface area contributed by atoms with Crippen molar-refractivity contribution in [3.05, 3.63) is 23.9 Å². The fourth-order valence-corrected chi connectivity index (χ4v) is 2.27. The van der Waals surface area contributed by atoms with Gasteiger partial charge in [0.05, 0.1) is 19.3 Å². The highest BCUT2D eigenvalue weighted by atomic mass is 16.5. The van der Waals surface area contributed by atoms with E-state index in [9.17, 15) is 4.79 Å². The Balaban J connectivity index is 2.00. The van der Waals surface area contributed by atoms with Gasteiger partial charge in [0.2, 0.25) is 0 Å². The number of hydrogen-bond acceptors (Lipinski definition) is 5. The van der Waals surface area contributed by atoms with Crippen LogP contribution in [0.3, 0.4) is 0 Å². The fourth-order valence-electron chi connectivity index (χ4n) is 2.27. The van der Waals surface area contributed by atoms with E-state index in [1.165, 1.54) is 0 Å². The Labute approximate surface area is 111 Å². The minimum absolute atomic E-state index is 0.0314. The second-order valence-electron chi connectivity index (χ2n) is 4.46. The summed E-state index contributed by atoms with van der Waals surface area (Å²) in [6.07, 6.45) is 3.38. The standard InChI is InChI=1S/C13H18N2O4/c16-8-9-19-10-3-6-15(7-4-10)12-11(13(17)18)2-1-5-14-12/h1-2,5,10,16H,3-4,6-9H2,(H,17,18). The molecule has 0 saturated carbocycles. The zero-order valence-electron chi connectivity index (χ0n) is 10.7. The maximum absolute atomic E-state index is 11.2. The quantitative estimate of drug-likeness (QED) is 0.818. The van der Waals surface area contributed by atoms with Crippen molar-refractivity contribution in [1.29, 1.82) is 0 Å². The van der Waals surface area contributed by atoms with Crippen LogP contribution in [0, 0.1) is 0 Å². The van der Waals surface area contributed by atoms with Gasteiger partial charge in [0.15, 0.2) is 0 Å². The number of ether oxygens (including phenoxy) is 1. The van der Waals surface area contributed by atoms with E-state index >= 15 is 0 Å². The van der Waals surface area contributed by atoms with Crippen LogP contribution in [0.1, 0.15) is 23.2 Å². The average molecular weight is 266 g/mol. The smallest absolute Gasteiger partial charge is 0.339 e. The maximum Gasteiger partial charge on any atom is 0.339 e. The largest absolute Gasteiger partial charge is 0.478 e. The number of hydrogen-bond donors (Lipinski definition) is 2. The Morgan fingerprint density at radius 2 is 2.21 bits per heavy atom. The summed E-state index contributed by atoms with van der Waals surface area (Å²) in [4.78, 5) is 17.3. The Kier molecular flexibility index (Phi) is 4.70. The minimum Gasteiger partial charge on any atom is -0.478 e. The van der Waals surface area contributed by atoms with Gasteiger partial charge >= 0.3 is 5.97 Å². The number of aromatic nitrogens is 1. The normalized spacial score (nSPS) is 16.6. The fraction of sp³-hybridized carbons (Fsp3) is 0.538. The topological polar surface area (TPSA) is 82.9 Å². The van der Waals surface area contributed by atoms with E-state index in [0.29, 0.717) is 25.5 Å². The van der Waals surface area contributed by atoms with Crippen molar-refractivity contribution >= 4 is 11.8 Å². The highest BCUT2D eigenvalue weighted by Crippen LogP contribution is 2.22. The third-order valence-electron chi connectivity index (χ3n) is 3.20. The van der Waals surface area contributed by atoms with E-state index in [2.05, 4.69) is 4.98 Å². The van der Waals surface area contributed by atoms with Gasteiger partial charge in [-0.05, 0) is 25.0 Å². The predicted octanol–water partition coefficient (Wildman–Crippen LogP) is 0.757. The molecule has 2 rings (SSSR count). The molecule has 2 heterocycles. The lowest BCUT2D eigenvalue weighted by Gasteiger charge is -2.33. The zero-order valence-corrected chi connectivity index (χ0v) is 10.7. The van der Waals surface area contributed by atoms with Gasteiger partial charge in [-0.1, -0.05) is 0 Å². The summed E-state index contributed by atoms with van der Waals surface area (Å²) in [7, 11) is 0. The molecule has 6 nitrogen and oxygen atoms in total. The number of aliphatic hydroxyl groups excluding tert-OH is 1. The first-order chi connectivity index (χ1) is 9.22. The van der Waals surface area contributed by atoms with Crippen LogP contribution in [0.4, 0.5) is 5.82 Å². The number of nitrogens with zero attached hydrogens (tertiary/aromatic N) is 2. The Hall–Kier alpha value is -1.66. The van der Waals surface area contributed by atoms with Crippen molar-refractivity contribution in [3.63, 3.8) is 0 Å². The number of pyridine rings is 1. The molecule has 0 spiro atoms. The summed E-state index contributed by atoms with van der Waals surface area (Å²) in [5, 5.41) is 17.9. The van der Waals surface area contributed by atoms with Crippen molar-refractivity contribution in [2.24, 2.45) is 0 Å². The number of anilines is 1. The summed E-state index contributed by atoms with van der Waals surface area (Å²) in [5.74, 6) is -0.433. The van der Waals surface area contributed by atoms with Crippen LogP contribution in [-0.2, 0) is 4.74 Å². The molecule has 6 heteroatoms. The molecule has 104 valence electrons. The van der Waals surface area contributed by atoms with Gasteiger partial charge in [-0.2, -0.15) is 0 Å². The van der Waals surface area contributed by atoms with E-state index in [-0.39, 0.29) is 18.3 Å². The molecule has 2 N–H and O–H groups in total. The monoisotopic (exact) mass is 266 g/mol. The van der Waals surface area contributed by atoms with Gasteiger partial charge in [-0.3, -0.25) is 0 Å². The third kappa shape index (κ3) is 3.42.